The van der Waals surface area contributed by atoms with E-state index in [9.17, 15) is 24.6 Å². The van der Waals surface area contributed by atoms with Crippen LogP contribution in [-0.2, 0) is 17.8 Å². The van der Waals surface area contributed by atoms with Crippen LogP contribution in [0.4, 0.5) is 5.69 Å². The summed E-state index contributed by atoms with van der Waals surface area (Å²) in [5.74, 6) is -2.22. The van der Waals surface area contributed by atoms with E-state index in [-0.39, 0.29) is 47.8 Å². The van der Waals surface area contributed by atoms with Crippen molar-refractivity contribution in [2.24, 2.45) is 4.99 Å². The number of fused-ring (bicyclic) bond motifs is 2. The first kappa shape index (κ1) is 28.7. The molecule has 1 fully saturated rings. The van der Waals surface area contributed by atoms with E-state index in [2.05, 4.69) is 15.6 Å². The van der Waals surface area contributed by atoms with Gasteiger partial charge in [-0.1, -0.05) is 17.7 Å². The lowest BCUT2D eigenvalue weighted by atomic mass is 9.93. The predicted molar refractivity (Wildman–Crippen MR) is 153 cm³/mol. The smallest absolute Gasteiger partial charge is 0.328 e. The highest BCUT2D eigenvalue weighted by molar-refractivity contribution is 6.35. The number of anilines is 1. The molecule has 2 aliphatic heterocycles. The zero-order chi connectivity index (χ0) is 30.0. The first-order valence-corrected chi connectivity index (χ1v) is 13.6. The van der Waals surface area contributed by atoms with E-state index in [4.69, 9.17) is 27.0 Å². The number of likely N-dealkylation sites (tertiary alicyclic amines) is 1. The van der Waals surface area contributed by atoms with E-state index in [1.54, 1.807) is 40.5 Å². The maximum Gasteiger partial charge on any atom is 0.328 e. The van der Waals surface area contributed by atoms with Crippen LogP contribution in [0.3, 0.4) is 0 Å². The van der Waals surface area contributed by atoms with Crippen molar-refractivity contribution in [3.05, 3.63) is 63.9 Å². The van der Waals surface area contributed by atoms with Crippen LogP contribution in [-0.4, -0.2) is 82.1 Å². The number of hydrogen-bond donors (Lipinski definition) is 5. The standard InChI is InChI=1S/C28H28ClN7O6/c29-20-9-17-12-35(26(39)16-2-1-15-5-8-42-22(15)10-16)7-4-19(17)24(31)23(20)25(38)34-21(27(40)41)11-32-28(33-14-30)36-6-3-18(37)13-36/h1-2,5,8-10,18,21,37H,3-4,6-7,11-13,31H2,(H,32,33)(H,34,38)(H,40,41)/t18-,21-/m0/s1. The van der Waals surface area contributed by atoms with Gasteiger partial charge in [0.1, 0.15) is 11.6 Å². The first-order valence-electron chi connectivity index (χ1n) is 13.2. The molecular weight excluding hydrogens is 566 g/mol. The van der Waals surface area contributed by atoms with Crippen LogP contribution in [0.2, 0.25) is 5.02 Å². The molecule has 2 aromatic carbocycles. The Morgan fingerprint density at radius 3 is 2.76 bits per heavy atom. The van der Waals surface area contributed by atoms with E-state index >= 15 is 0 Å². The number of β-amino-alcohol motifs (C(OH)–C–C–N with tert-alkyl or cyclic N) is 1. The van der Waals surface area contributed by atoms with Crippen molar-refractivity contribution in [1.29, 1.82) is 5.26 Å². The van der Waals surface area contributed by atoms with Gasteiger partial charge in [-0.05, 0) is 48.2 Å². The molecule has 3 heterocycles. The molecule has 3 aromatic rings. The summed E-state index contributed by atoms with van der Waals surface area (Å²) in [6.07, 6.45) is 3.57. The zero-order valence-corrected chi connectivity index (χ0v) is 23.1. The molecule has 0 radical (unpaired) electrons. The fraction of sp³-hybridized carbons (Fsp3) is 0.321. The van der Waals surface area contributed by atoms with Gasteiger partial charge in [0.15, 0.2) is 6.19 Å². The van der Waals surface area contributed by atoms with Gasteiger partial charge >= 0.3 is 5.97 Å². The lowest BCUT2D eigenvalue weighted by Crippen LogP contribution is -2.45. The highest BCUT2D eigenvalue weighted by Crippen LogP contribution is 2.33. The van der Waals surface area contributed by atoms with Crippen molar-refractivity contribution in [2.45, 2.75) is 31.5 Å². The number of nitrogens with zero attached hydrogens (tertiary/aromatic N) is 4. The van der Waals surface area contributed by atoms with Crippen molar-refractivity contribution in [3.63, 3.8) is 0 Å². The summed E-state index contributed by atoms with van der Waals surface area (Å²) >= 11 is 6.48. The molecule has 2 atom stereocenters. The van der Waals surface area contributed by atoms with Gasteiger partial charge in [-0.3, -0.25) is 14.9 Å². The average Bonchev–Trinajstić information content (AvgIpc) is 3.62. The van der Waals surface area contributed by atoms with Crippen molar-refractivity contribution >= 4 is 52.0 Å². The predicted octanol–water partition coefficient (Wildman–Crippen LogP) is 1.54. The van der Waals surface area contributed by atoms with Crippen LogP contribution in [0, 0.1) is 11.5 Å². The van der Waals surface area contributed by atoms with E-state index in [1.807, 2.05) is 12.1 Å². The molecule has 1 saturated heterocycles. The molecule has 13 nitrogen and oxygen atoms in total. The molecule has 0 saturated carbocycles. The van der Waals surface area contributed by atoms with Gasteiger partial charge in [0.05, 0.1) is 29.5 Å². The second-order valence-electron chi connectivity index (χ2n) is 10.1. The van der Waals surface area contributed by atoms with Gasteiger partial charge in [-0.25, -0.2) is 9.79 Å². The van der Waals surface area contributed by atoms with Crippen LogP contribution in [0.15, 0.2) is 46.0 Å². The number of carbonyl (C=O) groups is 3. The quantitative estimate of drug-likeness (QED) is 0.0918. The summed E-state index contributed by atoms with van der Waals surface area (Å²) in [5.41, 5.74) is 8.87. The van der Waals surface area contributed by atoms with Gasteiger partial charge in [0.25, 0.3) is 11.8 Å². The fourth-order valence-corrected chi connectivity index (χ4v) is 5.52. The number of hydrogen-bond acceptors (Lipinski definition) is 8. The average molecular weight is 594 g/mol. The normalized spacial score (nSPS) is 17.5. The maximum absolute atomic E-state index is 13.2. The van der Waals surface area contributed by atoms with Gasteiger partial charge in [0.2, 0.25) is 5.96 Å². The highest BCUT2D eigenvalue weighted by atomic mass is 35.5. The van der Waals surface area contributed by atoms with Gasteiger partial charge < -0.3 is 35.5 Å². The number of aliphatic hydroxyl groups excluding tert-OH is 1. The molecule has 5 rings (SSSR count). The number of aliphatic imine (C=N–C) groups is 1. The third-order valence-corrected chi connectivity index (χ3v) is 7.69. The molecule has 14 heteroatoms. The molecule has 2 amide bonds. The van der Waals surface area contributed by atoms with Gasteiger partial charge in [-0.2, -0.15) is 5.26 Å². The largest absolute Gasteiger partial charge is 0.480 e. The number of nitrogens with two attached hydrogens (primary N) is 1. The number of nitrogen functional groups attached to an aromatic ring is 1. The topological polar surface area (TPSA) is 198 Å². The fourth-order valence-electron chi connectivity index (χ4n) is 5.20. The Morgan fingerprint density at radius 1 is 1.24 bits per heavy atom. The number of aliphatic hydroxyl groups is 1. The van der Waals surface area contributed by atoms with Gasteiger partial charge in [-0.15, -0.1) is 0 Å². The number of furan rings is 1. The second-order valence-corrected chi connectivity index (χ2v) is 10.5. The van der Waals surface area contributed by atoms with Crippen LogP contribution in [0.5, 0.6) is 0 Å². The van der Waals surface area contributed by atoms with E-state index < -0.39 is 24.0 Å². The van der Waals surface area contributed by atoms with Crippen LogP contribution >= 0.6 is 11.6 Å². The minimum atomic E-state index is -1.45. The molecule has 0 spiro atoms. The van der Waals surface area contributed by atoms with Crippen molar-refractivity contribution < 1.29 is 29.0 Å². The van der Waals surface area contributed by atoms with E-state index in [0.29, 0.717) is 48.2 Å². The summed E-state index contributed by atoms with van der Waals surface area (Å²) < 4.78 is 5.41. The van der Waals surface area contributed by atoms with Crippen molar-refractivity contribution in [2.75, 3.05) is 31.9 Å². The Kier molecular flexibility index (Phi) is 8.19. The number of guanidine groups is 1. The molecule has 42 heavy (non-hydrogen) atoms. The minimum Gasteiger partial charge on any atom is -0.480 e. The monoisotopic (exact) mass is 593 g/mol. The zero-order valence-electron chi connectivity index (χ0n) is 22.3. The first-order chi connectivity index (χ1) is 20.2. The minimum absolute atomic E-state index is 0.0144. The Morgan fingerprint density at radius 2 is 2.05 bits per heavy atom. The van der Waals surface area contributed by atoms with Crippen molar-refractivity contribution in [1.82, 2.24) is 20.4 Å². The number of benzene rings is 2. The number of nitrogens with one attached hydrogen (secondary N) is 2. The number of carboxylic acids is 1. The number of nitriles is 1. The number of aliphatic carboxylic acids is 1. The van der Waals surface area contributed by atoms with E-state index in [0.717, 1.165) is 5.39 Å². The SMILES string of the molecule is N#CNC(=NC[C@H](NC(=O)c1c(Cl)cc2c(c1N)CCN(C(=O)c1ccc3ccoc3c1)C2)C(=O)O)N1CC[C@H](O)C1. The summed E-state index contributed by atoms with van der Waals surface area (Å²) in [6.45, 7) is 0.855. The molecule has 218 valence electrons. The molecule has 0 bridgehead atoms. The number of amides is 2. The third kappa shape index (κ3) is 5.81. The lowest BCUT2D eigenvalue weighted by molar-refractivity contribution is -0.138. The summed E-state index contributed by atoms with van der Waals surface area (Å²) in [4.78, 5) is 45.8. The number of carbonyl (C=O) groups excluding carboxylic acids is 2. The van der Waals surface area contributed by atoms with Crippen molar-refractivity contribution in [3.8, 4) is 6.19 Å². The highest BCUT2D eigenvalue weighted by Gasteiger charge is 2.30. The Labute approximate surface area is 245 Å². The Hall–Kier alpha value is -4.80. The molecule has 6 N–H and O–H groups in total. The number of halogens is 1. The number of rotatable bonds is 6. The van der Waals surface area contributed by atoms with Crippen LogP contribution < -0.4 is 16.4 Å². The molecule has 1 aromatic heterocycles. The van der Waals surface area contributed by atoms with E-state index in [1.165, 1.54) is 0 Å². The maximum atomic E-state index is 13.2. The molecule has 2 aliphatic rings. The van der Waals surface area contributed by atoms with Gasteiger partial charge in [0, 0.05) is 42.8 Å². The summed E-state index contributed by atoms with van der Waals surface area (Å²) in [6, 6.07) is 7.18. The molecule has 0 unspecified atom stereocenters. The second kappa shape index (κ2) is 12.0. The van der Waals surface area contributed by atoms with Crippen LogP contribution in [0.1, 0.15) is 38.3 Å². The number of carboxylic acid groups (broad SMARTS) is 1. The Balaban J connectivity index is 1.31. The Bertz CT molecular complexity index is 1630. The summed E-state index contributed by atoms with van der Waals surface area (Å²) in [7, 11) is 0. The molecular formula is C28H28ClN7O6. The molecule has 0 aliphatic carbocycles. The summed E-state index contributed by atoms with van der Waals surface area (Å²) in [5, 5.41) is 34.3. The lowest BCUT2D eigenvalue weighted by Gasteiger charge is -2.31. The van der Waals surface area contributed by atoms with Crippen LogP contribution in [0.25, 0.3) is 11.0 Å². The third-order valence-electron chi connectivity index (χ3n) is 7.39.